The summed E-state index contributed by atoms with van der Waals surface area (Å²) in [6, 6.07) is 19.0. The van der Waals surface area contributed by atoms with Crippen molar-refractivity contribution in [2.24, 2.45) is 0 Å². The van der Waals surface area contributed by atoms with Crippen molar-refractivity contribution in [1.82, 2.24) is 9.88 Å². The Hall–Kier alpha value is -2.48. The molecule has 0 spiro atoms. The summed E-state index contributed by atoms with van der Waals surface area (Å²) in [6.45, 7) is 0.384. The average molecular weight is 446 g/mol. The Morgan fingerprint density at radius 3 is 2.34 bits per heavy atom. The van der Waals surface area contributed by atoms with E-state index in [0.29, 0.717) is 33.5 Å². The van der Waals surface area contributed by atoms with Gasteiger partial charge in [-0.25, -0.2) is 0 Å². The summed E-state index contributed by atoms with van der Waals surface area (Å²) < 4.78 is 2.20. The number of benzene rings is 2. The van der Waals surface area contributed by atoms with E-state index in [4.69, 9.17) is 23.8 Å². The third-order valence-corrected chi connectivity index (χ3v) is 5.76. The zero-order valence-corrected chi connectivity index (χ0v) is 17.9. The van der Waals surface area contributed by atoms with Gasteiger partial charge in [0, 0.05) is 24.5 Å². The third kappa shape index (κ3) is 5.53. The van der Waals surface area contributed by atoms with Gasteiger partial charge in [-0.2, -0.15) is 0 Å². The lowest BCUT2D eigenvalue weighted by molar-refractivity contribution is -0.116. The summed E-state index contributed by atoms with van der Waals surface area (Å²) in [4.78, 5) is 25.6. The smallest absolute Gasteiger partial charge is 0.265 e. The van der Waals surface area contributed by atoms with E-state index in [1.54, 1.807) is 4.57 Å². The molecule has 0 fully saturated rings. The largest absolute Gasteiger partial charge is 0.347 e. The molecule has 0 bridgehead atoms. The highest BCUT2D eigenvalue weighted by Gasteiger charge is 2.22. The van der Waals surface area contributed by atoms with E-state index in [9.17, 15) is 9.59 Å². The summed E-state index contributed by atoms with van der Waals surface area (Å²) in [6.07, 6.45) is 0.825. The molecule has 1 heterocycles. The molecule has 1 aromatic heterocycles. The van der Waals surface area contributed by atoms with Crippen molar-refractivity contribution in [2.45, 2.75) is 19.4 Å². The number of nitrogens with one attached hydrogen (secondary N) is 2. The SMILES string of the molecule is O=C(CCCCl)Nc1c(C(=O)NCc2ccccc2)sc(=S)n1-c1ccccc1. The standard InChI is InChI=1S/C21H20ClN3O2S2/c22-13-7-12-17(26)24-19-18(20(27)23-14-15-8-3-1-4-9-15)29-21(28)25(19)16-10-5-2-6-11-16/h1-6,8-11H,7,12-14H2,(H,23,27)(H,24,26). The molecule has 0 aliphatic rings. The van der Waals surface area contributed by atoms with Gasteiger partial charge in [0.15, 0.2) is 3.95 Å². The van der Waals surface area contributed by atoms with Gasteiger partial charge in [-0.05, 0) is 36.3 Å². The second-order valence-electron chi connectivity index (χ2n) is 6.23. The molecule has 2 amide bonds. The van der Waals surface area contributed by atoms with Crippen LogP contribution in [0.2, 0.25) is 0 Å². The van der Waals surface area contributed by atoms with Crippen LogP contribution >= 0.6 is 35.2 Å². The molecule has 8 heteroatoms. The van der Waals surface area contributed by atoms with Crippen LogP contribution < -0.4 is 10.6 Å². The molecule has 0 radical (unpaired) electrons. The molecule has 3 aromatic rings. The van der Waals surface area contributed by atoms with E-state index in [1.807, 2.05) is 60.7 Å². The number of para-hydroxylation sites is 1. The van der Waals surface area contributed by atoms with Crippen LogP contribution in [-0.4, -0.2) is 22.3 Å². The molecular formula is C21H20ClN3O2S2. The molecule has 0 saturated heterocycles. The van der Waals surface area contributed by atoms with Crippen LogP contribution in [0.3, 0.4) is 0 Å². The predicted octanol–water partition coefficient (Wildman–Crippen LogP) is 5.16. The lowest BCUT2D eigenvalue weighted by Gasteiger charge is -2.12. The second kappa shape index (κ2) is 10.3. The molecule has 0 aliphatic heterocycles. The van der Waals surface area contributed by atoms with Gasteiger partial charge in [0.1, 0.15) is 10.7 Å². The second-order valence-corrected chi connectivity index (χ2v) is 8.25. The van der Waals surface area contributed by atoms with Crippen LogP contribution in [0.5, 0.6) is 0 Å². The number of thiazole rings is 1. The van der Waals surface area contributed by atoms with Crippen molar-refractivity contribution >= 4 is 52.8 Å². The molecule has 5 nitrogen and oxygen atoms in total. The van der Waals surface area contributed by atoms with Gasteiger partial charge < -0.3 is 10.6 Å². The normalized spacial score (nSPS) is 10.5. The van der Waals surface area contributed by atoms with Crippen molar-refractivity contribution in [3.8, 4) is 5.69 Å². The first-order chi connectivity index (χ1) is 14.1. The van der Waals surface area contributed by atoms with Gasteiger partial charge in [0.25, 0.3) is 5.91 Å². The minimum atomic E-state index is -0.285. The quantitative estimate of drug-likeness (QED) is 0.372. The van der Waals surface area contributed by atoms with E-state index in [0.717, 1.165) is 11.3 Å². The predicted molar refractivity (Wildman–Crippen MR) is 121 cm³/mol. The topological polar surface area (TPSA) is 63.1 Å². The van der Waals surface area contributed by atoms with Crippen molar-refractivity contribution in [3.63, 3.8) is 0 Å². The van der Waals surface area contributed by atoms with E-state index >= 15 is 0 Å². The Morgan fingerprint density at radius 2 is 1.69 bits per heavy atom. The van der Waals surface area contributed by atoms with Crippen LogP contribution in [0.25, 0.3) is 5.69 Å². The summed E-state index contributed by atoms with van der Waals surface area (Å²) in [5, 5.41) is 5.76. The van der Waals surface area contributed by atoms with Crippen molar-refractivity contribution < 1.29 is 9.59 Å². The number of carbonyl (C=O) groups is 2. The molecular weight excluding hydrogens is 426 g/mol. The molecule has 2 N–H and O–H groups in total. The Balaban J connectivity index is 1.92. The maximum absolute atomic E-state index is 12.9. The lowest BCUT2D eigenvalue weighted by atomic mass is 10.2. The fraction of sp³-hybridized carbons (Fsp3) is 0.190. The molecule has 150 valence electrons. The number of rotatable bonds is 8. The molecule has 0 saturated carbocycles. The molecule has 0 atom stereocenters. The number of aromatic nitrogens is 1. The van der Waals surface area contributed by atoms with E-state index in [1.165, 1.54) is 11.3 Å². The number of alkyl halides is 1. The van der Waals surface area contributed by atoms with Crippen molar-refractivity contribution in [3.05, 3.63) is 75.1 Å². The molecule has 0 unspecified atom stereocenters. The molecule has 29 heavy (non-hydrogen) atoms. The van der Waals surface area contributed by atoms with Crippen molar-refractivity contribution in [2.75, 3.05) is 11.2 Å². The number of hydrogen-bond acceptors (Lipinski definition) is 4. The first-order valence-electron chi connectivity index (χ1n) is 9.09. The Bertz CT molecular complexity index is 1030. The van der Waals surface area contributed by atoms with E-state index in [-0.39, 0.29) is 18.2 Å². The van der Waals surface area contributed by atoms with Crippen LogP contribution in [0, 0.1) is 3.95 Å². The Kier molecular flexibility index (Phi) is 7.57. The highest BCUT2D eigenvalue weighted by molar-refractivity contribution is 7.73. The van der Waals surface area contributed by atoms with Crippen LogP contribution in [-0.2, 0) is 11.3 Å². The van der Waals surface area contributed by atoms with Crippen molar-refractivity contribution in [1.29, 1.82) is 0 Å². The Labute approximate surface area is 183 Å². The maximum Gasteiger partial charge on any atom is 0.265 e. The van der Waals surface area contributed by atoms with Gasteiger partial charge >= 0.3 is 0 Å². The summed E-state index contributed by atoms with van der Waals surface area (Å²) >= 11 is 12.4. The zero-order valence-electron chi connectivity index (χ0n) is 15.6. The monoisotopic (exact) mass is 445 g/mol. The summed E-state index contributed by atoms with van der Waals surface area (Å²) in [7, 11) is 0. The number of anilines is 1. The molecule has 3 rings (SSSR count). The number of hydrogen-bond donors (Lipinski definition) is 2. The van der Waals surface area contributed by atoms with Gasteiger partial charge in [-0.15, -0.1) is 11.6 Å². The average Bonchev–Trinajstić information content (AvgIpc) is 3.07. The van der Waals surface area contributed by atoms with E-state index < -0.39 is 0 Å². The fourth-order valence-electron chi connectivity index (χ4n) is 2.73. The Morgan fingerprint density at radius 1 is 1.03 bits per heavy atom. The number of nitrogens with zero attached hydrogens (tertiary/aromatic N) is 1. The minimum absolute atomic E-state index is 0.208. The number of amides is 2. The first-order valence-corrected chi connectivity index (χ1v) is 10.8. The third-order valence-electron chi connectivity index (χ3n) is 4.12. The van der Waals surface area contributed by atoms with Crippen LogP contribution in [0.15, 0.2) is 60.7 Å². The molecule has 0 aliphatic carbocycles. The maximum atomic E-state index is 12.9. The van der Waals surface area contributed by atoms with Crippen LogP contribution in [0.1, 0.15) is 28.1 Å². The number of halogens is 1. The van der Waals surface area contributed by atoms with Gasteiger partial charge in [-0.3, -0.25) is 14.2 Å². The van der Waals surface area contributed by atoms with Gasteiger partial charge in [-0.1, -0.05) is 59.9 Å². The molecule has 2 aromatic carbocycles. The fourth-order valence-corrected chi connectivity index (χ4v) is 4.18. The van der Waals surface area contributed by atoms with Crippen LogP contribution in [0.4, 0.5) is 5.82 Å². The first kappa shape index (κ1) is 21.2. The zero-order chi connectivity index (χ0) is 20.6. The summed E-state index contributed by atoms with van der Waals surface area (Å²) in [5.74, 6) is 0.288. The highest BCUT2D eigenvalue weighted by Crippen LogP contribution is 2.29. The minimum Gasteiger partial charge on any atom is -0.347 e. The highest BCUT2D eigenvalue weighted by atomic mass is 35.5. The van der Waals surface area contributed by atoms with Gasteiger partial charge in [0.05, 0.1) is 0 Å². The van der Waals surface area contributed by atoms with E-state index in [2.05, 4.69) is 10.6 Å². The summed E-state index contributed by atoms with van der Waals surface area (Å²) in [5.41, 5.74) is 1.77. The number of carbonyl (C=O) groups excluding carboxylic acids is 2. The lowest BCUT2D eigenvalue weighted by Crippen LogP contribution is -2.24. The van der Waals surface area contributed by atoms with Gasteiger partial charge in [0.2, 0.25) is 5.91 Å².